The minimum Gasteiger partial charge on any atom is -0.481 e. The van der Waals surface area contributed by atoms with Gasteiger partial charge in [0, 0.05) is 5.75 Å². The van der Waals surface area contributed by atoms with Gasteiger partial charge in [-0.1, -0.05) is 110 Å². The van der Waals surface area contributed by atoms with Crippen molar-refractivity contribution < 1.29 is 9.90 Å². The van der Waals surface area contributed by atoms with Gasteiger partial charge in [0.25, 0.3) is 0 Å². The quantitative estimate of drug-likeness (QED) is 0.222. The van der Waals surface area contributed by atoms with Crippen LogP contribution in [-0.2, 0) is 4.79 Å². The van der Waals surface area contributed by atoms with Crippen molar-refractivity contribution in [2.75, 3.05) is 11.5 Å². The Hall–Kier alpha value is -0.180. The normalized spacial score (nSPS) is 12.4. The molecule has 0 heterocycles. The summed E-state index contributed by atoms with van der Waals surface area (Å²) in [4.78, 5) is 10.7. The summed E-state index contributed by atoms with van der Waals surface area (Å²) < 4.78 is 0. The lowest BCUT2D eigenvalue weighted by Crippen LogP contribution is -2.11. The second-order valence-electron chi connectivity index (χ2n) is 7.62. The molecule has 0 aromatic carbocycles. The van der Waals surface area contributed by atoms with Crippen molar-refractivity contribution in [2.45, 2.75) is 117 Å². The molecule has 0 aromatic heterocycles. The number of carboxylic acid groups (broad SMARTS) is 1. The minimum atomic E-state index is -0.667. The van der Waals surface area contributed by atoms with E-state index in [4.69, 9.17) is 5.11 Å². The molecule has 25 heavy (non-hydrogen) atoms. The van der Waals surface area contributed by atoms with Gasteiger partial charge in [-0.3, -0.25) is 4.79 Å². The molecule has 1 N–H and O–H groups in total. The molecule has 0 aliphatic rings. The SMILES string of the molecule is CCCCCCCCCCCCCCCCCCSCC(C)C(=O)O. The summed E-state index contributed by atoms with van der Waals surface area (Å²) in [5.41, 5.74) is 0. The molecule has 0 fully saturated rings. The lowest BCUT2D eigenvalue weighted by molar-refractivity contribution is -0.140. The number of carbonyl (C=O) groups is 1. The number of unbranched alkanes of at least 4 members (excludes halogenated alkanes) is 15. The molecule has 0 aliphatic carbocycles. The number of rotatable bonds is 20. The highest BCUT2D eigenvalue weighted by atomic mass is 32.2. The first-order valence-electron chi connectivity index (χ1n) is 11.0. The van der Waals surface area contributed by atoms with Gasteiger partial charge in [-0.2, -0.15) is 11.8 Å². The predicted octanol–water partition coefficient (Wildman–Crippen LogP) is 7.70. The molecule has 0 spiro atoms. The third-order valence-electron chi connectivity index (χ3n) is 4.93. The van der Waals surface area contributed by atoms with Gasteiger partial charge >= 0.3 is 5.97 Å². The van der Waals surface area contributed by atoms with E-state index in [-0.39, 0.29) is 5.92 Å². The highest BCUT2D eigenvalue weighted by Gasteiger charge is 2.09. The van der Waals surface area contributed by atoms with E-state index in [0.717, 1.165) is 11.5 Å². The van der Waals surface area contributed by atoms with E-state index in [1.807, 2.05) is 0 Å². The van der Waals surface area contributed by atoms with Crippen LogP contribution < -0.4 is 0 Å². The van der Waals surface area contributed by atoms with Gasteiger partial charge in [0.05, 0.1) is 5.92 Å². The largest absolute Gasteiger partial charge is 0.481 e. The number of carboxylic acids is 1. The fourth-order valence-corrected chi connectivity index (χ4v) is 4.15. The molecule has 2 nitrogen and oxygen atoms in total. The lowest BCUT2D eigenvalue weighted by Gasteiger charge is -2.06. The molecular formula is C22H44O2S. The Morgan fingerprint density at radius 1 is 0.720 bits per heavy atom. The van der Waals surface area contributed by atoms with Crippen LogP contribution in [0.4, 0.5) is 0 Å². The van der Waals surface area contributed by atoms with Crippen LogP contribution in [0.25, 0.3) is 0 Å². The molecule has 3 heteroatoms. The Labute approximate surface area is 161 Å². The third-order valence-corrected chi connectivity index (χ3v) is 6.24. The molecule has 0 radical (unpaired) electrons. The van der Waals surface area contributed by atoms with Crippen molar-refractivity contribution in [3.8, 4) is 0 Å². The van der Waals surface area contributed by atoms with Crippen LogP contribution in [0.3, 0.4) is 0 Å². The molecular weight excluding hydrogens is 328 g/mol. The van der Waals surface area contributed by atoms with Gasteiger partial charge in [-0.15, -0.1) is 0 Å². The topological polar surface area (TPSA) is 37.3 Å². The van der Waals surface area contributed by atoms with Crippen LogP contribution in [0.15, 0.2) is 0 Å². The van der Waals surface area contributed by atoms with E-state index in [0.29, 0.717) is 0 Å². The van der Waals surface area contributed by atoms with Crippen LogP contribution in [0, 0.1) is 5.92 Å². The van der Waals surface area contributed by atoms with E-state index < -0.39 is 5.97 Å². The zero-order valence-corrected chi connectivity index (χ0v) is 17.9. The third kappa shape index (κ3) is 20.0. The lowest BCUT2D eigenvalue weighted by atomic mass is 10.0. The zero-order valence-electron chi connectivity index (χ0n) is 17.1. The van der Waals surface area contributed by atoms with E-state index in [1.54, 1.807) is 18.7 Å². The van der Waals surface area contributed by atoms with Crippen molar-refractivity contribution in [3.05, 3.63) is 0 Å². The first-order valence-corrected chi connectivity index (χ1v) is 12.1. The number of hydrogen-bond donors (Lipinski definition) is 1. The smallest absolute Gasteiger partial charge is 0.307 e. The fraction of sp³-hybridized carbons (Fsp3) is 0.955. The number of hydrogen-bond acceptors (Lipinski definition) is 2. The maximum Gasteiger partial charge on any atom is 0.307 e. The summed E-state index contributed by atoms with van der Waals surface area (Å²) >= 11 is 1.80. The summed E-state index contributed by atoms with van der Waals surface area (Å²) in [5, 5.41) is 8.81. The Morgan fingerprint density at radius 2 is 1.08 bits per heavy atom. The minimum absolute atomic E-state index is 0.203. The summed E-state index contributed by atoms with van der Waals surface area (Å²) in [6, 6.07) is 0. The average Bonchev–Trinajstić information content (AvgIpc) is 2.60. The molecule has 0 aromatic rings. The standard InChI is InChI=1S/C22H44O2S/c1-3-4-5-6-7-8-9-10-11-12-13-14-15-16-17-18-19-25-20-21(2)22(23)24/h21H,3-20H2,1-2H3,(H,23,24). The first kappa shape index (κ1) is 24.8. The Kier molecular flexibility index (Phi) is 20.0. The van der Waals surface area contributed by atoms with E-state index >= 15 is 0 Å². The molecule has 0 saturated carbocycles. The van der Waals surface area contributed by atoms with Gasteiger partial charge in [0.2, 0.25) is 0 Å². The van der Waals surface area contributed by atoms with Crippen LogP contribution >= 0.6 is 11.8 Å². The van der Waals surface area contributed by atoms with E-state index in [2.05, 4.69) is 6.92 Å². The molecule has 0 aliphatic heterocycles. The van der Waals surface area contributed by atoms with Gasteiger partial charge in [0.1, 0.15) is 0 Å². The summed E-state index contributed by atoms with van der Waals surface area (Å²) in [6.07, 6.45) is 22.4. The van der Waals surface area contributed by atoms with Crippen LogP contribution in [0.1, 0.15) is 117 Å². The van der Waals surface area contributed by atoms with Gasteiger partial charge in [0.15, 0.2) is 0 Å². The average molecular weight is 373 g/mol. The second kappa shape index (κ2) is 20.1. The van der Waals surface area contributed by atoms with Gasteiger partial charge in [-0.05, 0) is 12.2 Å². The van der Waals surface area contributed by atoms with E-state index in [1.165, 1.54) is 103 Å². The van der Waals surface area contributed by atoms with Crippen molar-refractivity contribution >= 4 is 17.7 Å². The predicted molar refractivity (Wildman–Crippen MR) is 114 cm³/mol. The number of aliphatic carboxylic acids is 1. The van der Waals surface area contributed by atoms with E-state index in [9.17, 15) is 4.79 Å². The van der Waals surface area contributed by atoms with Gasteiger partial charge < -0.3 is 5.11 Å². The summed E-state index contributed by atoms with van der Waals surface area (Å²) in [5.74, 6) is 1.01. The Balaban J connectivity index is 3.04. The van der Waals surface area contributed by atoms with Crippen molar-refractivity contribution in [1.29, 1.82) is 0 Å². The van der Waals surface area contributed by atoms with Crippen LogP contribution in [0.2, 0.25) is 0 Å². The highest BCUT2D eigenvalue weighted by molar-refractivity contribution is 7.99. The van der Waals surface area contributed by atoms with Gasteiger partial charge in [-0.25, -0.2) is 0 Å². The fourth-order valence-electron chi connectivity index (χ4n) is 3.08. The second-order valence-corrected chi connectivity index (χ2v) is 8.77. The zero-order chi connectivity index (χ0) is 18.6. The monoisotopic (exact) mass is 372 g/mol. The highest BCUT2D eigenvalue weighted by Crippen LogP contribution is 2.15. The molecule has 1 unspecified atom stereocenters. The van der Waals surface area contributed by atoms with Crippen molar-refractivity contribution in [1.82, 2.24) is 0 Å². The maximum atomic E-state index is 10.7. The summed E-state index contributed by atoms with van der Waals surface area (Å²) in [7, 11) is 0. The van der Waals surface area contributed by atoms with Crippen LogP contribution in [0.5, 0.6) is 0 Å². The van der Waals surface area contributed by atoms with Crippen molar-refractivity contribution in [3.63, 3.8) is 0 Å². The number of thioether (sulfide) groups is 1. The molecule has 150 valence electrons. The first-order chi connectivity index (χ1) is 12.2. The molecule has 0 saturated heterocycles. The maximum absolute atomic E-state index is 10.7. The molecule has 0 bridgehead atoms. The van der Waals surface area contributed by atoms with Crippen molar-refractivity contribution in [2.24, 2.45) is 5.92 Å². The Bertz CT molecular complexity index is 281. The Morgan fingerprint density at radius 3 is 1.44 bits per heavy atom. The van der Waals surface area contributed by atoms with Crippen LogP contribution in [-0.4, -0.2) is 22.6 Å². The molecule has 1 atom stereocenters. The summed E-state index contributed by atoms with van der Waals surface area (Å²) in [6.45, 7) is 4.08. The molecule has 0 rings (SSSR count). The molecule has 0 amide bonds.